The number of nitrogens with zero attached hydrogens (tertiary/aromatic N) is 2. The van der Waals surface area contributed by atoms with E-state index >= 15 is 0 Å². The van der Waals surface area contributed by atoms with Gasteiger partial charge in [-0.25, -0.2) is 9.37 Å². The molecule has 1 aliphatic rings. The molecule has 82 valence electrons. The number of piperidine rings is 1. The summed E-state index contributed by atoms with van der Waals surface area (Å²) in [6.45, 7) is 2.03. The van der Waals surface area contributed by atoms with Gasteiger partial charge in [-0.1, -0.05) is 0 Å². The van der Waals surface area contributed by atoms with Gasteiger partial charge in [0.05, 0.1) is 0 Å². The number of aromatic nitrogens is 1. The number of rotatable bonds is 2. The van der Waals surface area contributed by atoms with Gasteiger partial charge in [0, 0.05) is 31.4 Å². The fourth-order valence-electron chi connectivity index (χ4n) is 1.96. The number of halogens is 1. The third-order valence-corrected chi connectivity index (χ3v) is 2.83. The average Bonchev–Trinajstić information content (AvgIpc) is 2.30. The van der Waals surface area contributed by atoms with E-state index in [2.05, 4.69) is 4.98 Å². The highest BCUT2D eigenvalue weighted by Crippen LogP contribution is 2.22. The Balaban J connectivity index is 2.26. The van der Waals surface area contributed by atoms with Crippen LogP contribution in [0.15, 0.2) is 12.3 Å². The van der Waals surface area contributed by atoms with E-state index in [1.807, 2.05) is 4.90 Å². The van der Waals surface area contributed by atoms with Crippen molar-refractivity contribution in [2.75, 3.05) is 18.0 Å². The minimum absolute atomic E-state index is 0.231. The van der Waals surface area contributed by atoms with Gasteiger partial charge in [0.1, 0.15) is 0 Å². The van der Waals surface area contributed by atoms with Gasteiger partial charge in [-0.2, -0.15) is 0 Å². The molecule has 1 aromatic heterocycles. The van der Waals surface area contributed by atoms with Gasteiger partial charge in [0.15, 0.2) is 11.6 Å². The molecule has 0 radical (unpaired) electrons. The molecule has 0 spiro atoms. The molecule has 3 nitrogen and oxygen atoms in total. The molecule has 0 saturated carbocycles. The van der Waals surface area contributed by atoms with Crippen molar-refractivity contribution in [3.05, 3.63) is 23.6 Å². The van der Waals surface area contributed by atoms with Crippen LogP contribution in [0.4, 0.5) is 10.2 Å². The first-order valence-corrected chi connectivity index (χ1v) is 5.41. The molecular weight excluding hydrogens is 193 g/mol. The molecule has 1 saturated heterocycles. The fraction of sp³-hybridized carbons (Fsp3) is 0.545. The summed E-state index contributed by atoms with van der Waals surface area (Å²) in [5, 5.41) is 0. The molecule has 2 rings (SSSR count). The van der Waals surface area contributed by atoms with Gasteiger partial charge in [0.2, 0.25) is 0 Å². The lowest BCUT2D eigenvalue weighted by atomic mass is 10.1. The van der Waals surface area contributed by atoms with E-state index in [-0.39, 0.29) is 12.4 Å². The van der Waals surface area contributed by atoms with Crippen molar-refractivity contribution in [2.45, 2.75) is 25.8 Å². The minimum atomic E-state index is -0.248. The monoisotopic (exact) mass is 209 g/mol. The lowest BCUT2D eigenvalue weighted by Gasteiger charge is -2.28. The van der Waals surface area contributed by atoms with Crippen LogP contribution in [0.3, 0.4) is 0 Å². The van der Waals surface area contributed by atoms with Crippen LogP contribution in [0.1, 0.15) is 24.8 Å². The topological polar surface area (TPSA) is 42.1 Å². The van der Waals surface area contributed by atoms with Crippen LogP contribution in [0.25, 0.3) is 0 Å². The van der Waals surface area contributed by atoms with Crippen molar-refractivity contribution in [3.8, 4) is 0 Å². The Hall–Kier alpha value is -1.16. The van der Waals surface area contributed by atoms with Gasteiger partial charge in [-0.05, 0) is 25.3 Å². The largest absolute Gasteiger partial charge is 0.354 e. The lowest BCUT2D eigenvalue weighted by Crippen LogP contribution is -2.31. The molecular formula is C11H16FN3. The van der Waals surface area contributed by atoms with Crippen molar-refractivity contribution in [1.29, 1.82) is 0 Å². The second-order valence-electron chi connectivity index (χ2n) is 3.86. The summed E-state index contributed by atoms with van der Waals surface area (Å²) in [6, 6.07) is 1.64. The van der Waals surface area contributed by atoms with Crippen molar-refractivity contribution >= 4 is 5.82 Å². The third kappa shape index (κ3) is 2.09. The maximum Gasteiger partial charge on any atom is 0.170 e. The van der Waals surface area contributed by atoms with Gasteiger partial charge < -0.3 is 10.6 Å². The highest BCUT2D eigenvalue weighted by molar-refractivity contribution is 5.43. The number of hydrogen-bond donors (Lipinski definition) is 1. The van der Waals surface area contributed by atoms with Gasteiger partial charge in [-0.15, -0.1) is 0 Å². The number of nitrogens with two attached hydrogens (primary N) is 1. The van der Waals surface area contributed by atoms with Crippen LogP contribution in [0, 0.1) is 5.82 Å². The standard InChI is InChI=1S/C11H16FN3/c12-10-9(8-13)4-5-14-11(10)15-6-2-1-3-7-15/h4-5H,1-3,6-8,13H2. The lowest BCUT2D eigenvalue weighted by molar-refractivity contribution is 0.544. The molecule has 2 heterocycles. The SMILES string of the molecule is NCc1ccnc(N2CCCCC2)c1F. The molecule has 0 amide bonds. The predicted molar refractivity (Wildman–Crippen MR) is 58.2 cm³/mol. The third-order valence-electron chi connectivity index (χ3n) is 2.83. The van der Waals surface area contributed by atoms with E-state index in [1.165, 1.54) is 6.42 Å². The molecule has 0 aliphatic carbocycles. The molecule has 2 N–H and O–H groups in total. The zero-order valence-electron chi connectivity index (χ0n) is 8.75. The first-order valence-electron chi connectivity index (χ1n) is 5.41. The van der Waals surface area contributed by atoms with Crippen molar-refractivity contribution in [2.24, 2.45) is 5.73 Å². The number of pyridine rings is 1. The summed E-state index contributed by atoms with van der Waals surface area (Å²) >= 11 is 0. The van der Waals surface area contributed by atoms with Crippen molar-refractivity contribution in [1.82, 2.24) is 4.98 Å². The van der Waals surface area contributed by atoms with Crippen LogP contribution in [-0.4, -0.2) is 18.1 Å². The Morgan fingerprint density at radius 3 is 2.73 bits per heavy atom. The van der Waals surface area contributed by atoms with Crippen LogP contribution in [0.5, 0.6) is 0 Å². The molecule has 0 atom stereocenters. The first kappa shape index (κ1) is 10.4. The smallest absolute Gasteiger partial charge is 0.170 e. The second kappa shape index (κ2) is 4.57. The molecule has 1 aromatic rings. The van der Waals surface area contributed by atoms with E-state index in [0.29, 0.717) is 11.4 Å². The van der Waals surface area contributed by atoms with E-state index in [9.17, 15) is 4.39 Å². The Morgan fingerprint density at radius 1 is 1.33 bits per heavy atom. The molecule has 0 aromatic carbocycles. The summed E-state index contributed by atoms with van der Waals surface area (Å²) in [5.41, 5.74) is 6.01. The quantitative estimate of drug-likeness (QED) is 0.805. The van der Waals surface area contributed by atoms with Gasteiger partial charge >= 0.3 is 0 Å². The van der Waals surface area contributed by atoms with Crippen LogP contribution in [-0.2, 0) is 6.54 Å². The Labute approximate surface area is 89.1 Å². The number of hydrogen-bond acceptors (Lipinski definition) is 3. The zero-order chi connectivity index (χ0) is 10.7. The molecule has 1 aliphatic heterocycles. The first-order chi connectivity index (χ1) is 7.33. The van der Waals surface area contributed by atoms with Gasteiger partial charge in [0.25, 0.3) is 0 Å². The average molecular weight is 209 g/mol. The summed E-state index contributed by atoms with van der Waals surface area (Å²) in [7, 11) is 0. The minimum Gasteiger partial charge on any atom is -0.354 e. The highest BCUT2D eigenvalue weighted by Gasteiger charge is 2.17. The predicted octanol–water partition coefficient (Wildman–Crippen LogP) is 1.67. The Kier molecular flexibility index (Phi) is 3.16. The Bertz CT molecular complexity index is 335. The van der Waals surface area contributed by atoms with E-state index in [4.69, 9.17) is 5.73 Å². The molecule has 1 fully saturated rings. The zero-order valence-corrected chi connectivity index (χ0v) is 8.75. The normalized spacial score (nSPS) is 16.8. The summed E-state index contributed by atoms with van der Waals surface area (Å²) in [6.07, 6.45) is 5.10. The maximum atomic E-state index is 13.9. The summed E-state index contributed by atoms with van der Waals surface area (Å²) in [5.74, 6) is 0.222. The summed E-state index contributed by atoms with van der Waals surface area (Å²) < 4.78 is 13.9. The molecule has 15 heavy (non-hydrogen) atoms. The summed E-state index contributed by atoms with van der Waals surface area (Å²) in [4.78, 5) is 6.12. The maximum absolute atomic E-state index is 13.9. The second-order valence-corrected chi connectivity index (χ2v) is 3.86. The highest BCUT2D eigenvalue weighted by atomic mass is 19.1. The molecule has 0 bridgehead atoms. The molecule has 0 unspecified atom stereocenters. The Morgan fingerprint density at radius 2 is 2.07 bits per heavy atom. The molecule has 4 heteroatoms. The van der Waals surface area contributed by atoms with Crippen molar-refractivity contribution < 1.29 is 4.39 Å². The van der Waals surface area contributed by atoms with E-state index in [1.54, 1.807) is 12.3 Å². The van der Waals surface area contributed by atoms with Crippen molar-refractivity contribution in [3.63, 3.8) is 0 Å². The number of anilines is 1. The van der Waals surface area contributed by atoms with Crippen LogP contribution in [0.2, 0.25) is 0 Å². The van der Waals surface area contributed by atoms with Crippen LogP contribution < -0.4 is 10.6 Å². The van der Waals surface area contributed by atoms with Gasteiger partial charge in [-0.3, -0.25) is 0 Å². The fourth-order valence-corrected chi connectivity index (χ4v) is 1.96. The van der Waals surface area contributed by atoms with E-state index in [0.717, 1.165) is 25.9 Å². The van der Waals surface area contributed by atoms with Crippen LogP contribution >= 0.6 is 0 Å². The van der Waals surface area contributed by atoms with E-state index < -0.39 is 0 Å².